The molecule has 372 valence electrons. The molecule has 6 heteroatoms. The molecule has 0 fully saturated rings. The van der Waals surface area contributed by atoms with Gasteiger partial charge in [0.15, 0.2) is 6.10 Å². The van der Waals surface area contributed by atoms with Crippen LogP contribution in [0.15, 0.2) is 85.1 Å². The first-order chi connectivity index (χ1) is 32.0. The zero-order valence-corrected chi connectivity index (χ0v) is 42.5. The molecule has 1 unspecified atom stereocenters. The minimum atomic E-state index is -0.807. The average Bonchev–Trinajstić information content (AvgIpc) is 3.30. The number of hydrogen-bond donors (Lipinski definition) is 0. The normalized spacial score (nSPS) is 12.7. The fourth-order valence-electron chi connectivity index (χ4n) is 7.37. The Labute approximate surface area is 401 Å². The Morgan fingerprint density at radius 2 is 0.692 bits per heavy atom. The van der Waals surface area contributed by atoms with Crippen molar-refractivity contribution in [3.8, 4) is 0 Å². The van der Waals surface area contributed by atoms with E-state index in [1.807, 2.05) is 6.08 Å². The van der Waals surface area contributed by atoms with Gasteiger partial charge < -0.3 is 14.2 Å². The predicted molar refractivity (Wildman–Crippen MR) is 279 cm³/mol. The monoisotopic (exact) mass is 905 g/mol. The van der Waals surface area contributed by atoms with Crippen molar-refractivity contribution >= 4 is 17.9 Å². The molecule has 0 saturated heterocycles. The van der Waals surface area contributed by atoms with Gasteiger partial charge in [-0.05, 0) is 83.5 Å². The van der Waals surface area contributed by atoms with Crippen LogP contribution in [-0.4, -0.2) is 37.2 Å². The summed E-state index contributed by atoms with van der Waals surface area (Å²) in [6.45, 7) is 6.41. The topological polar surface area (TPSA) is 78.9 Å². The minimum absolute atomic E-state index is 0.101. The van der Waals surface area contributed by atoms with Gasteiger partial charge in [-0.2, -0.15) is 0 Å². The first-order valence-corrected chi connectivity index (χ1v) is 27.1. The second kappa shape index (κ2) is 53.2. The number of rotatable bonds is 48. The van der Waals surface area contributed by atoms with E-state index in [1.54, 1.807) is 0 Å². The summed E-state index contributed by atoms with van der Waals surface area (Å²) in [5.74, 6) is -0.985. The smallest absolute Gasteiger partial charge is 0.306 e. The molecule has 0 saturated carbocycles. The van der Waals surface area contributed by atoms with Crippen LogP contribution in [0, 0.1) is 0 Å². The van der Waals surface area contributed by atoms with Crippen molar-refractivity contribution in [2.45, 2.75) is 258 Å². The highest BCUT2D eigenvalue weighted by molar-refractivity contribution is 5.71. The van der Waals surface area contributed by atoms with E-state index in [1.165, 1.54) is 135 Å². The van der Waals surface area contributed by atoms with Gasteiger partial charge in [0.25, 0.3) is 0 Å². The SMILES string of the molecule is CC\C=C/C=C\C=C/CCCCCCCCCC(=O)OC(COC(=O)CC/C=C\C/C=C\CCCCCCCC)COC(=O)CCCCCCCCCCCC/C=C\C=C/CCCCC. The van der Waals surface area contributed by atoms with Crippen molar-refractivity contribution < 1.29 is 28.6 Å². The first kappa shape index (κ1) is 61.6. The summed E-state index contributed by atoms with van der Waals surface area (Å²) >= 11 is 0. The highest BCUT2D eigenvalue weighted by atomic mass is 16.6. The summed E-state index contributed by atoms with van der Waals surface area (Å²) in [6, 6.07) is 0. The van der Waals surface area contributed by atoms with E-state index in [0.717, 1.165) is 70.6 Å². The third kappa shape index (κ3) is 51.4. The lowest BCUT2D eigenvalue weighted by Gasteiger charge is -2.18. The van der Waals surface area contributed by atoms with Gasteiger partial charge in [0.05, 0.1) is 0 Å². The van der Waals surface area contributed by atoms with Crippen LogP contribution in [0.25, 0.3) is 0 Å². The van der Waals surface area contributed by atoms with Crippen molar-refractivity contribution in [2.24, 2.45) is 0 Å². The highest BCUT2D eigenvalue weighted by Gasteiger charge is 2.19. The molecule has 0 aliphatic carbocycles. The van der Waals surface area contributed by atoms with Crippen LogP contribution < -0.4 is 0 Å². The molecular weight excluding hydrogens is 805 g/mol. The van der Waals surface area contributed by atoms with Gasteiger partial charge in [-0.25, -0.2) is 0 Å². The van der Waals surface area contributed by atoms with Crippen LogP contribution in [-0.2, 0) is 28.6 Å². The Bertz CT molecular complexity index is 1270. The molecule has 0 aromatic heterocycles. The molecule has 0 N–H and O–H groups in total. The second-order valence-corrected chi connectivity index (χ2v) is 17.8. The maximum atomic E-state index is 12.8. The lowest BCUT2D eigenvalue weighted by molar-refractivity contribution is -0.166. The van der Waals surface area contributed by atoms with E-state index < -0.39 is 6.10 Å². The van der Waals surface area contributed by atoms with E-state index >= 15 is 0 Å². The minimum Gasteiger partial charge on any atom is -0.462 e. The van der Waals surface area contributed by atoms with Crippen molar-refractivity contribution in [2.75, 3.05) is 13.2 Å². The molecule has 0 amide bonds. The van der Waals surface area contributed by atoms with Crippen molar-refractivity contribution in [3.05, 3.63) is 85.1 Å². The van der Waals surface area contributed by atoms with Gasteiger partial charge in [0.2, 0.25) is 0 Å². The van der Waals surface area contributed by atoms with Gasteiger partial charge in [-0.3, -0.25) is 14.4 Å². The summed E-state index contributed by atoms with van der Waals surface area (Å²) < 4.78 is 16.8. The second-order valence-electron chi connectivity index (χ2n) is 17.8. The number of ether oxygens (including phenoxy) is 3. The van der Waals surface area contributed by atoms with Crippen LogP contribution in [0.1, 0.15) is 252 Å². The molecule has 65 heavy (non-hydrogen) atoms. The van der Waals surface area contributed by atoms with Gasteiger partial charge in [0, 0.05) is 19.3 Å². The maximum absolute atomic E-state index is 12.8. The summed E-state index contributed by atoms with van der Waals surface area (Å²) in [4.78, 5) is 38.0. The average molecular weight is 905 g/mol. The largest absolute Gasteiger partial charge is 0.462 e. The Morgan fingerprint density at radius 1 is 0.338 bits per heavy atom. The molecule has 1 atom stereocenters. The van der Waals surface area contributed by atoms with Gasteiger partial charge >= 0.3 is 17.9 Å². The molecule has 0 radical (unpaired) electrons. The Hall–Kier alpha value is -3.41. The fraction of sp³-hybridized carbons (Fsp3) is 0.712. The molecule has 0 aromatic rings. The van der Waals surface area contributed by atoms with E-state index in [0.29, 0.717) is 19.3 Å². The standard InChI is InChI=1S/C59H100O6/c1-4-7-10-13-16-19-22-25-27-28-29-30-32-34-37-40-43-46-49-52-58(61)64-55-56(54-63-57(60)51-48-45-42-39-36-33-24-21-18-15-12-9-6-3)65-59(62)53-50-47-44-41-38-35-31-26-23-20-17-14-11-8-5-2/h8,11,14,16-17,19-20,22-23,25,33,36,42,45,56H,4-7,9-10,12-13,15,18,21,24,26-32,34-35,37-41,43-44,46-55H2,1-3H3/b11-8-,17-14-,19-16-,23-20-,25-22-,36-33-,45-42-. The summed E-state index contributed by atoms with van der Waals surface area (Å²) in [7, 11) is 0. The van der Waals surface area contributed by atoms with Crippen LogP contribution in [0.2, 0.25) is 0 Å². The Morgan fingerprint density at radius 3 is 1.18 bits per heavy atom. The van der Waals surface area contributed by atoms with Crippen LogP contribution in [0.3, 0.4) is 0 Å². The lowest BCUT2D eigenvalue weighted by Crippen LogP contribution is -2.30. The zero-order valence-electron chi connectivity index (χ0n) is 42.5. The number of hydrogen-bond acceptors (Lipinski definition) is 6. The van der Waals surface area contributed by atoms with Crippen molar-refractivity contribution in [1.82, 2.24) is 0 Å². The van der Waals surface area contributed by atoms with Crippen LogP contribution in [0.4, 0.5) is 0 Å². The molecule has 0 rings (SSSR count). The summed E-state index contributed by atoms with van der Waals surface area (Å²) in [6.07, 6.45) is 68.6. The van der Waals surface area contributed by atoms with Crippen molar-refractivity contribution in [1.29, 1.82) is 0 Å². The third-order valence-corrected chi connectivity index (χ3v) is 11.5. The maximum Gasteiger partial charge on any atom is 0.306 e. The van der Waals surface area contributed by atoms with Crippen molar-refractivity contribution in [3.63, 3.8) is 0 Å². The molecule has 0 aliphatic heterocycles. The molecule has 0 bridgehead atoms. The van der Waals surface area contributed by atoms with E-state index in [2.05, 4.69) is 99.8 Å². The number of carbonyl (C=O) groups excluding carboxylic acids is 3. The molecule has 0 aliphatic rings. The van der Waals surface area contributed by atoms with E-state index in [4.69, 9.17) is 14.2 Å². The molecule has 0 heterocycles. The van der Waals surface area contributed by atoms with Gasteiger partial charge in [0.1, 0.15) is 13.2 Å². The zero-order chi connectivity index (χ0) is 47.2. The summed E-state index contributed by atoms with van der Waals surface area (Å²) in [5, 5.41) is 0. The molecule has 0 aromatic carbocycles. The summed E-state index contributed by atoms with van der Waals surface area (Å²) in [5.41, 5.74) is 0. The number of carbonyl (C=O) groups is 3. The number of esters is 3. The fourth-order valence-corrected chi connectivity index (χ4v) is 7.37. The highest BCUT2D eigenvalue weighted by Crippen LogP contribution is 2.15. The number of unbranched alkanes of at least 4 members (excludes halogenated alkanes) is 26. The number of allylic oxidation sites excluding steroid dienone is 14. The predicted octanol–water partition coefficient (Wildman–Crippen LogP) is 18.0. The van der Waals surface area contributed by atoms with Gasteiger partial charge in [-0.15, -0.1) is 0 Å². The quantitative estimate of drug-likeness (QED) is 0.0199. The van der Waals surface area contributed by atoms with Crippen LogP contribution in [0.5, 0.6) is 0 Å². The van der Waals surface area contributed by atoms with Crippen LogP contribution >= 0.6 is 0 Å². The third-order valence-electron chi connectivity index (χ3n) is 11.5. The lowest BCUT2D eigenvalue weighted by atomic mass is 10.1. The Kier molecular flexibility index (Phi) is 50.4. The Balaban J connectivity index is 4.43. The first-order valence-electron chi connectivity index (χ1n) is 27.1. The molecule has 0 spiro atoms. The van der Waals surface area contributed by atoms with Gasteiger partial charge in [-0.1, -0.05) is 234 Å². The van der Waals surface area contributed by atoms with E-state index in [9.17, 15) is 14.4 Å². The molecular formula is C59H100O6. The molecule has 6 nitrogen and oxygen atoms in total. The van der Waals surface area contributed by atoms with E-state index in [-0.39, 0.29) is 37.5 Å².